The normalized spacial score (nSPS) is 10.2. The predicted molar refractivity (Wildman–Crippen MR) is 42.9 cm³/mol. The Balaban J connectivity index is 1.99. The number of carboxylic acids is 1. The second kappa shape index (κ2) is 5.26. The van der Waals surface area contributed by atoms with Crippen LogP contribution in [0, 0.1) is 0 Å². The first-order chi connectivity index (χ1) is 6.29. The molecule has 0 saturated carbocycles. The molecule has 72 valence electrons. The highest BCUT2D eigenvalue weighted by Gasteiger charge is 1.98. The van der Waals surface area contributed by atoms with Gasteiger partial charge in [-0.2, -0.15) is 4.98 Å². The fraction of sp³-hybridized carbons (Fsp3) is 0.571. The number of nitrogens with one attached hydrogen (secondary N) is 1. The van der Waals surface area contributed by atoms with Crippen LogP contribution in [0.25, 0.3) is 0 Å². The van der Waals surface area contributed by atoms with Crippen molar-refractivity contribution in [3.8, 4) is 0 Å². The largest absolute Gasteiger partial charge is 0.481 e. The van der Waals surface area contributed by atoms with Gasteiger partial charge in [0.1, 0.15) is 0 Å². The van der Waals surface area contributed by atoms with Crippen LogP contribution < -0.4 is 5.32 Å². The van der Waals surface area contributed by atoms with Crippen LogP contribution in [-0.4, -0.2) is 27.8 Å². The smallest absolute Gasteiger partial charge is 0.303 e. The fourth-order valence-corrected chi connectivity index (χ4v) is 0.834. The third kappa shape index (κ3) is 4.22. The number of aromatic nitrogens is 2. The summed E-state index contributed by atoms with van der Waals surface area (Å²) < 4.78 is 4.72. The van der Waals surface area contributed by atoms with E-state index in [2.05, 4.69) is 15.5 Å². The van der Waals surface area contributed by atoms with Gasteiger partial charge < -0.3 is 14.9 Å². The van der Waals surface area contributed by atoms with Crippen molar-refractivity contribution in [2.45, 2.75) is 19.4 Å². The molecule has 0 aliphatic rings. The Kier molecular flexibility index (Phi) is 3.90. The zero-order valence-corrected chi connectivity index (χ0v) is 7.06. The first-order valence-electron chi connectivity index (χ1n) is 3.97. The van der Waals surface area contributed by atoms with Crippen LogP contribution >= 0.6 is 0 Å². The Morgan fingerprint density at radius 2 is 2.54 bits per heavy atom. The van der Waals surface area contributed by atoms with Gasteiger partial charge in [-0.15, -0.1) is 0 Å². The van der Waals surface area contributed by atoms with Crippen LogP contribution in [0.1, 0.15) is 18.7 Å². The maximum Gasteiger partial charge on any atom is 0.303 e. The van der Waals surface area contributed by atoms with Gasteiger partial charge in [-0.1, -0.05) is 5.16 Å². The maximum atomic E-state index is 10.1. The lowest BCUT2D eigenvalue weighted by Gasteiger charge is -1.98. The summed E-state index contributed by atoms with van der Waals surface area (Å²) in [6.45, 7) is 1.12. The summed E-state index contributed by atoms with van der Waals surface area (Å²) in [7, 11) is 0. The van der Waals surface area contributed by atoms with Crippen LogP contribution in [0.4, 0.5) is 0 Å². The van der Waals surface area contributed by atoms with E-state index >= 15 is 0 Å². The number of aliphatic carboxylic acids is 1. The van der Waals surface area contributed by atoms with Crippen LogP contribution in [0.2, 0.25) is 0 Å². The maximum absolute atomic E-state index is 10.1. The lowest BCUT2D eigenvalue weighted by molar-refractivity contribution is -0.137. The van der Waals surface area contributed by atoms with Gasteiger partial charge in [0, 0.05) is 6.42 Å². The SMILES string of the molecule is O=C(O)CCCNCc1ncno1. The molecule has 0 atom stereocenters. The summed E-state index contributed by atoms with van der Waals surface area (Å²) in [6, 6.07) is 0. The van der Waals surface area contributed by atoms with Gasteiger partial charge in [0.2, 0.25) is 5.89 Å². The topological polar surface area (TPSA) is 88.2 Å². The summed E-state index contributed by atoms with van der Waals surface area (Å²) in [5, 5.41) is 14.7. The first-order valence-corrected chi connectivity index (χ1v) is 3.97. The predicted octanol–water partition coefficient (Wildman–Crippen LogP) is 0.0240. The van der Waals surface area contributed by atoms with Crippen molar-refractivity contribution in [2.24, 2.45) is 0 Å². The second-order valence-electron chi connectivity index (χ2n) is 2.51. The van der Waals surface area contributed by atoms with Crippen molar-refractivity contribution in [1.82, 2.24) is 15.5 Å². The summed E-state index contributed by atoms with van der Waals surface area (Å²) >= 11 is 0. The minimum atomic E-state index is -0.778. The van der Waals surface area contributed by atoms with Crippen molar-refractivity contribution < 1.29 is 14.4 Å². The van der Waals surface area contributed by atoms with E-state index < -0.39 is 5.97 Å². The summed E-state index contributed by atoms with van der Waals surface area (Å²) in [5.74, 6) is -0.269. The highest BCUT2D eigenvalue weighted by atomic mass is 16.5. The molecule has 1 aromatic heterocycles. The molecule has 0 aliphatic heterocycles. The molecule has 0 bridgehead atoms. The van der Waals surface area contributed by atoms with Crippen LogP contribution in [-0.2, 0) is 11.3 Å². The number of carbonyl (C=O) groups is 1. The third-order valence-corrected chi connectivity index (χ3v) is 1.43. The average molecular weight is 185 g/mol. The highest BCUT2D eigenvalue weighted by Crippen LogP contribution is 1.90. The molecule has 6 heteroatoms. The Hall–Kier alpha value is -1.43. The van der Waals surface area contributed by atoms with E-state index in [4.69, 9.17) is 9.63 Å². The molecule has 0 saturated heterocycles. The summed E-state index contributed by atoms with van der Waals surface area (Å²) in [5.41, 5.74) is 0. The number of rotatable bonds is 6. The molecule has 1 rings (SSSR count). The summed E-state index contributed by atoms with van der Waals surface area (Å²) in [6.07, 6.45) is 2.11. The Morgan fingerprint density at radius 3 is 3.15 bits per heavy atom. The van der Waals surface area contributed by atoms with E-state index in [-0.39, 0.29) is 6.42 Å². The van der Waals surface area contributed by atoms with E-state index in [1.807, 2.05) is 0 Å². The number of hydrogen-bond acceptors (Lipinski definition) is 5. The molecular formula is C7H11N3O3. The quantitative estimate of drug-likeness (QED) is 0.607. The molecule has 0 amide bonds. The molecule has 0 fully saturated rings. The zero-order valence-electron chi connectivity index (χ0n) is 7.06. The van der Waals surface area contributed by atoms with Gasteiger partial charge in [0.05, 0.1) is 6.54 Å². The third-order valence-electron chi connectivity index (χ3n) is 1.43. The molecule has 0 aliphatic carbocycles. The minimum absolute atomic E-state index is 0.177. The molecule has 1 heterocycles. The van der Waals surface area contributed by atoms with Crippen molar-refractivity contribution in [3.63, 3.8) is 0 Å². The van der Waals surface area contributed by atoms with Gasteiger partial charge in [-0.3, -0.25) is 4.79 Å². The van der Waals surface area contributed by atoms with Gasteiger partial charge in [0.15, 0.2) is 6.33 Å². The Labute approximate surface area is 74.9 Å². The Morgan fingerprint density at radius 1 is 1.69 bits per heavy atom. The van der Waals surface area contributed by atoms with Gasteiger partial charge >= 0.3 is 5.97 Å². The van der Waals surface area contributed by atoms with Gasteiger partial charge in [-0.25, -0.2) is 0 Å². The van der Waals surface area contributed by atoms with Crippen molar-refractivity contribution in [2.75, 3.05) is 6.54 Å². The standard InChI is InChI=1S/C7H11N3O3/c11-7(12)2-1-3-8-4-6-9-5-10-13-6/h5,8H,1-4H2,(H,11,12). The highest BCUT2D eigenvalue weighted by molar-refractivity contribution is 5.66. The van der Waals surface area contributed by atoms with Crippen molar-refractivity contribution in [1.29, 1.82) is 0 Å². The lowest BCUT2D eigenvalue weighted by atomic mass is 10.3. The molecule has 13 heavy (non-hydrogen) atoms. The van der Waals surface area contributed by atoms with E-state index in [9.17, 15) is 4.79 Å². The van der Waals surface area contributed by atoms with E-state index in [1.165, 1.54) is 6.33 Å². The van der Waals surface area contributed by atoms with Crippen LogP contribution in [0.5, 0.6) is 0 Å². The monoisotopic (exact) mass is 185 g/mol. The molecule has 6 nitrogen and oxygen atoms in total. The van der Waals surface area contributed by atoms with Crippen molar-refractivity contribution in [3.05, 3.63) is 12.2 Å². The molecule has 0 unspecified atom stereocenters. The Bertz CT molecular complexity index is 247. The average Bonchev–Trinajstić information content (AvgIpc) is 2.55. The zero-order chi connectivity index (χ0) is 9.52. The first kappa shape index (κ1) is 9.66. The van der Waals surface area contributed by atoms with Gasteiger partial charge in [-0.05, 0) is 13.0 Å². The minimum Gasteiger partial charge on any atom is -0.481 e. The molecular weight excluding hydrogens is 174 g/mol. The van der Waals surface area contributed by atoms with E-state index in [0.29, 0.717) is 25.4 Å². The molecule has 0 radical (unpaired) electrons. The van der Waals surface area contributed by atoms with Crippen LogP contribution in [0.3, 0.4) is 0 Å². The van der Waals surface area contributed by atoms with E-state index in [0.717, 1.165) is 0 Å². The van der Waals surface area contributed by atoms with Gasteiger partial charge in [0.25, 0.3) is 0 Å². The van der Waals surface area contributed by atoms with Crippen molar-refractivity contribution >= 4 is 5.97 Å². The number of hydrogen-bond donors (Lipinski definition) is 2. The molecule has 0 aromatic carbocycles. The number of carboxylic acid groups (broad SMARTS) is 1. The molecule has 0 spiro atoms. The molecule has 2 N–H and O–H groups in total. The lowest BCUT2D eigenvalue weighted by Crippen LogP contribution is -2.15. The summed E-state index contributed by atoms with van der Waals surface area (Å²) in [4.78, 5) is 13.9. The fourth-order valence-electron chi connectivity index (χ4n) is 0.834. The van der Waals surface area contributed by atoms with E-state index in [1.54, 1.807) is 0 Å². The second-order valence-corrected chi connectivity index (χ2v) is 2.51. The van der Waals surface area contributed by atoms with Crippen LogP contribution in [0.15, 0.2) is 10.9 Å². The molecule has 1 aromatic rings. The number of nitrogens with zero attached hydrogens (tertiary/aromatic N) is 2.